The summed E-state index contributed by atoms with van der Waals surface area (Å²) in [4.78, 5) is 27.7. The highest BCUT2D eigenvalue weighted by atomic mass is 16.2. The quantitative estimate of drug-likeness (QED) is 0.764. The van der Waals surface area contributed by atoms with Crippen LogP contribution < -0.4 is 11.1 Å². The summed E-state index contributed by atoms with van der Waals surface area (Å²) in [5.41, 5.74) is 7.11. The molecular formula is C13H18N4O2. The average molecular weight is 262 g/mol. The maximum atomic E-state index is 12.5. The second-order valence-electron chi connectivity index (χ2n) is 4.85. The molecule has 0 saturated carbocycles. The van der Waals surface area contributed by atoms with Gasteiger partial charge in [0, 0.05) is 18.8 Å². The van der Waals surface area contributed by atoms with E-state index in [0.717, 1.165) is 0 Å². The lowest BCUT2D eigenvalue weighted by Gasteiger charge is -2.22. The summed E-state index contributed by atoms with van der Waals surface area (Å²) in [5.74, 6) is -0.398. The standard InChI is InChI=1S/C13H18N4O2/c1-16(2)6-7-17-8-11(18)15-10-5-3-4-9(14)12(10)13(17)19/h3-5H,6-8,14H2,1-2H3,(H,15,18). The summed E-state index contributed by atoms with van der Waals surface area (Å²) >= 11 is 0. The molecule has 2 amide bonds. The van der Waals surface area contributed by atoms with Crippen molar-refractivity contribution in [2.45, 2.75) is 0 Å². The molecule has 0 unspecified atom stereocenters. The predicted molar refractivity (Wildman–Crippen MR) is 73.9 cm³/mol. The lowest BCUT2D eigenvalue weighted by atomic mass is 10.1. The summed E-state index contributed by atoms with van der Waals surface area (Å²) in [7, 11) is 3.84. The van der Waals surface area contributed by atoms with Gasteiger partial charge in [0.2, 0.25) is 5.91 Å². The van der Waals surface area contributed by atoms with Gasteiger partial charge in [0.25, 0.3) is 5.91 Å². The number of hydrogen-bond acceptors (Lipinski definition) is 4. The van der Waals surface area contributed by atoms with Crippen molar-refractivity contribution in [1.29, 1.82) is 0 Å². The lowest BCUT2D eigenvalue weighted by molar-refractivity contribution is -0.116. The molecule has 1 aromatic carbocycles. The van der Waals surface area contributed by atoms with Crippen LogP contribution in [0.2, 0.25) is 0 Å². The number of carbonyl (C=O) groups is 2. The number of nitrogens with two attached hydrogens (primary N) is 1. The van der Waals surface area contributed by atoms with E-state index >= 15 is 0 Å². The van der Waals surface area contributed by atoms with E-state index in [-0.39, 0.29) is 18.4 Å². The Balaban J connectivity index is 2.32. The van der Waals surface area contributed by atoms with Gasteiger partial charge < -0.3 is 20.9 Å². The van der Waals surface area contributed by atoms with Gasteiger partial charge in [-0.15, -0.1) is 0 Å². The predicted octanol–water partition coefficient (Wildman–Crippen LogP) is 0.225. The summed E-state index contributed by atoms with van der Waals surface area (Å²) in [6.45, 7) is 1.24. The van der Waals surface area contributed by atoms with Gasteiger partial charge in [0.05, 0.1) is 11.3 Å². The third-order valence-electron chi connectivity index (χ3n) is 3.02. The largest absolute Gasteiger partial charge is 0.398 e. The van der Waals surface area contributed by atoms with Crippen molar-refractivity contribution in [3.63, 3.8) is 0 Å². The molecule has 0 aliphatic carbocycles. The summed E-state index contributed by atoms with van der Waals surface area (Å²) in [6, 6.07) is 5.08. The second-order valence-corrected chi connectivity index (χ2v) is 4.85. The third kappa shape index (κ3) is 2.85. The number of hydrogen-bond donors (Lipinski definition) is 2. The van der Waals surface area contributed by atoms with E-state index in [2.05, 4.69) is 5.32 Å². The van der Waals surface area contributed by atoms with Gasteiger partial charge >= 0.3 is 0 Å². The van der Waals surface area contributed by atoms with Crippen molar-refractivity contribution in [3.8, 4) is 0 Å². The van der Waals surface area contributed by atoms with Gasteiger partial charge in [0.1, 0.15) is 6.54 Å². The fraction of sp³-hybridized carbons (Fsp3) is 0.385. The molecule has 0 atom stereocenters. The highest BCUT2D eigenvalue weighted by Crippen LogP contribution is 2.25. The number of amides is 2. The maximum Gasteiger partial charge on any atom is 0.258 e. The first-order valence-corrected chi connectivity index (χ1v) is 6.11. The smallest absolute Gasteiger partial charge is 0.258 e. The number of rotatable bonds is 3. The molecule has 19 heavy (non-hydrogen) atoms. The molecule has 6 nitrogen and oxygen atoms in total. The van der Waals surface area contributed by atoms with E-state index in [4.69, 9.17) is 5.73 Å². The second kappa shape index (κ2) is 5.27. The molecule has 0 aromatic heterocycles. The van der Waals surface area contributed by atoms with Crippen LogP contribution in [0.1, 0.15) is 10.4 Å². The Labute approximate surface area is 112 Å². The number of anilines is 2. The van der Waals surface area contributed by atoms with Crippen molar-refractivity contribution in [2.75, 3.05) is 44.8 Å². The molecule has 1 aliphatic heterocycles. The first kappa shape index (κ1) is 13.4. The third-order valence-corrected chi connectivity index (χ3v) is 3.02. The number of carbonyl (C=O) groups excluding carboxylic acids is 2. The Morgan fingerprint density at radius 3 is 2.79 bits per heavy atom. The monoisotopic (exact) mass is 262 g/mol. The first-order valence-electron chi connectivity index (χ1n) is 6.11. The van der Waals surface area contributed by atoms with E-state index in [1.807, 2.05) is 19.0 Å². The minimum atomic E-state index is -0.201. The van der Waals surface area contributed by atoms with E-state index < -0.39 is 0 Å². The van der Waals surface area contributed by atoms with Crippen LogP contribution >= 0.6 is 0 Å². The summed E-state index contributed by atoms with van der Waals surface area (Å²) in [5, 5.41) is 2.72. The fourth-order valence-electron chi connectivity index (χ4n) is 2.01. The van der Waals surface area contributed by atoms with Gasteiger partial charge in [0.15, 0.2) is 0 Å². The minimum Gasteiger partial charge on any atom is -0.398 e. The Hall–Kier alpha value is -2.08. The molecule has 102 valence electrons. The molecule has 1 heterocycles. The zero-order valence-corrected chi connectivity index (χ0v) is 11.1. The number of nitrogen functional groups attached to an aromatic ring is 1. The molecule has 6 heteroatoms. The summed E-state index contributed by atoms with van der Waals surface area (Å²) in [6.07, 6.45) is 0. The van der Waals surface area contributed by atoms with Crippen LogP contribution in [0.25, 0.3) is 0 Å². The average Bonchev–Trinajstić information content (AvgIpc) is 2.45. The SMILES string of the molecule is CN(C)CCN1CC(=O)Nc2cccc(N)c2C1=O. The topological polar surface area (TPSA) is 78.7 Å². The fourth-order valence-corrected chi connectivity index (χ4v) is 2.01. The zero-order valence-electron chi connectivity index (χ0n) is 11.1. The van der Waals surface area contributed by atoms with Crippen molar-refractivity contribution in [3.05, 3.63) is 23.8 Å². The van der Waals surface area contributed by atoms with Crippen LogP contribution in [-0.2, 0) is 4.79 Å². The molecule has 0 saturated heterocycles. The van der Waals surface area contributed by atoms with Crippen LogP contribution in [0.5, 0.6) is 0 Å². The van der Waals surface area contributed by atoms with Crippen LogP contribution in [-0.4, -0.2) is 55.3 Å². The lowest BCUT2D eigenvalue weighted by Crippen LogP contribution is -2.39. The highest BCUT2D eigenvalue weighted by Gasteiger charge is 2.27. The maximum absolute atomic E-state index is 12.5. The van der Waals surface area contributed by atoms with Crippen LogP contribution in [0.15, 0.2) is 18.2 Å². The Morgan fingerprint density at radius 2 is 2.11 bits per heavy atom. The minimum absolute atomic E-state index is 0.0563. The highest BCUT2D eigenvalue weighted by molar-refractivity contribution is 6.11. The number of nitrogens with zero attached hydrogens (tertiary/aromatic N) is 2. The number of benzene rings is 1. The van der Waals surface area contributed by atoms with Crippen molar-refractivity contribution in [2.24, 2.45) is 0 Å². The molecule has 0 radical (unpaired) electrons. The molecular weight excluding hydrogens is 244 g/mol. The van der Waals surface area contributed by atoms with Gasteiger partial charge in [-0.05, 0) is 26.2 Å². The zero-order chi connectivity index (χ0) is 14.0. The molecule has 0 bridgehead atoms. The molecule has 3 N–H and O–H groups in total. The van der Waals surface area contributed by atoms with E-state index in [1.54, 1.807) is 18.2 Å². The number of nitrogens with one attached hydrogen (secondary N) is 1. The van der Waals surface area contributed by atoms with Crippen molar-refractivity contribution in [1.82, 2.24) is 9.80 Å². The van der Waals surface area contributed by atoms with Crippen LogP contribution in [0.3, 0.4) is 0 Å². The van der Waals surface area contributed by atoms with Crippen molar-refractivity contribution < 1.29 is 9.59 Å². The van der Waals surface area contributed by atoms with Gasteiger partial charge in [-0.2, -0.15) is 0 Å². The van der Waals surface area contributed by atoms with Gasteiger partial charge in [-0.1, -0.05) is 6.07 Å². The molecule has 0 fully saturated rings. The normalized spacial score (nSPS) is 15.2. The number of likely N-dealkylation sites (N-methyl/N-ethyl adjacent to an activating group) is 1. The van der Waals surface area contributed by atoms with E-state index in [9.17, 15) is 9.59 Å². The van der Waals surface area contributed by atoms with Crippen LogP contribution in [0, 0.1) is 0 Å². The van der Waals surface area contributed by atoms with E-state index in [0.29, 0.717) is 30.0 Å². The van der Waals surface area contributed by atoms with Crippen LogP contribution in [0.4, 0.5) is 11.4 Å². The molecule has 2 rings (SSSR count). The molecule has 1 aromatic rings. The van der Waals surface area contributed by atoms with Gasteiger partial charge in [-0.3, -0.25) is 9.59 Å². The summed E-state index contributed by atoms with van der Waals surface area (Å²) < 4.78 is 0. The Morgan fingerprint density at radius 1 is 1.37 bits per heavy atom. The molecule has 0 spiro atoms. The van der Waals surface area contributed by atoms with Crippen molar-refractivity contribution >= 4 is 23.2 Å². The first-order chi connectivity index (χ1) is 8.99. The Kier molecular flexibility index (Phi) is 3.71. The van der Waals surface area contributed by atoms with Gasteiger partial charge in [-0.25, -0.2) is 0 Å². The Bertz CT molecular complexity index is 513. The number of fused-ring (bicyclic) bond motifs is 1. The molecule has 1 aliphatic rings. The van der Waals surface area contributed by atoms with E-state index in [1.165, 1.54) is 4.90 Å².